The highest BCUT2D eigenvalue weighted by molar-refractivity contribution is 6.31. The van der Waals surface area contributed by atoms with Crippen LogP contribution in [0.5, 0.6) is 0 Å². The van der Waals surface area contributed by atoms with Gasteiger partial charge in [0.1, 0.15) is 5.82 Å². The molecule has 34 heavy (non-hydrogen) atoms. The second-order valence-corrected chi connectivity index (χ2v) is 9.30. The van der Waals surface area contributed by atoms with E-state index >= 15 is 0 Å². The zero-order valence-corrected chi connectivity index (χ0v) is 19.6. The summed E-state index contributed by atoms with van der Waals surface area (Å²) < 4.78 is 16.2. The number of fused-ring (bicyclic) bond motifs is 1. The van der Waals surface area contributed by atoms with Gasteiger partial charge in [-0.3, -0.25) is 9.69 Å². The number of piperidine rings is 1. The van der Waals surface area contributed by atoms with Crippen LogP contribution in [0.25, 0.3) is 10.9 Å². The molecule has 1 fully saturated rings. The van der Waals surface area contributed by atoms with Crippen molar-refractivity contribution in [1.82, 2.24) is 9.47 Å². The molecule has 0 saturated carbocycles. The number of aromatic nitrogens is 1. The van der Waals surface area contributed by atoms with E-state index < -0.39 is 5.82 Å². The Hall–Kier alpha value is -3.15. The average molecular weight is 476 g/mol. The lowest BCUT2D eigenvalue weighted by atomic mass is 9.95. The number of amides is 1. The number of para-hydroxylation sites is 2. The number of halogens is 2. The van der Waals surface area contributed by atoms with Gasteiger partial charge < -0.3 is 9.88 Å². The molecule has 5 rings (SSSR count). The molecule has 1 amide bonds. The summed E-state index contributed by atoms with van der Waals surface area (Å²) in [7, 11) is 0. The quantitative estimate of drug-likeness (QED) is 0.353. The first-order valence-corrected chi connectivity index (χ1v) is 12.0. The number of rotatable bonds is 6. The summed E-state index contributed by atoms with van der Waals surface area (Å²) in [5.74, 6) is -0.609. The minimum Gasteiger partial charge on any atom is -0.339 e. The van der Waals surface area contributed by atoms with Crippen LogP contribution in [0.15, 0.2) is 78.9 Å². The van der Waals surface area contributed by atoms with Gasteiger partial charge in [-0.2, -0.15) is 0 Å². The Kier molecular flexibility index (Phi) is 6.66. The van der Waals surface area contributed by atoms with E-state index in [2.05, 4.69) is 51.2 Å². The lowest BCUT2D eigenvalue weighted by Gasteiger charge is -2.31. The molecule has 0 unspecified atom stereocenters. The lowest BCUT2D eigenvalue weighted by molar-refractivity contribution is -0.121. The monoisotopic (exact) mass is 475 g/mol. The van der Waals surface area contributed by atoms with Crippen LogP contribution in [0, 0.1) is 11.7 Å². The van der Waals surface area contributed by atoms with Crippen molar-refractivity contribution in [2.75, 3.05) is 18.4 Å². The number of hydrogen-bond acceptors (Lipinski definition) is 2. The first kappa shape index (κ1) is 22.6. The van der Waals surface area contributed by atoms with E-state index in [-0.39, 0.29) is 17.5 Å². The predicted octanol–water partition coefficient (Wildman–Crippen LogP) is 6.33. The molecule has 6 heteroatoms. The number of carbonyl (C=O) groups excluding carboxylic acids is 1. The van der Waals surface area contributed by atoms with Crippen molar-refractivity contribution in [1.29, 1.82) is 0 Å². The maximum Gasteiger partial charge on any atom is 0.227 e. The van der Waals surface area contributed by atoms with Crippen LogP contribution >= 0.6 is 11.6 Å². The minimum atomic E-state index is -0.403. The third-order valence-corrected chi connectivity index (χ3v) is 7.03. The van der Waals surface area contributed by atoms with Gasteiger partial charge in [-0.1, -0.05) is 60.1 Å². The summed E-state index contributed by atoms with van der Waals surface area (Å²) in [4.78, 5) is 15.1. The Labute approximate surface area is 204 Å². The largest absolute Gasteiger partial charge is 0.339 e. The van der Waals surface area contributed by atoms with E-state index in [0.29, 0.717) is 6.54 Å². The molecule has 2 heterocycles. The standard InChI is InChI=1S/C28H27ClFN3O/c29-24-9-3-1-8-22(24)18-33-23(17-21-7-2-6-12-27(21)33)19-32-15-13-20(14-16-32)28(34)31-26-11-5-4-10-25(26)30/h1-12,17,20H,13-16,18-19H2,(H,31,34). The van der Waals surface area contributed by atoms with Crippen LogP contribution in [0.3, 0.4) is 0 Å². The third-order valence-electron chi connectivity index (χ3n) is 6.66. The fourth-order valence-electron chi connectivity index (χ4n) is 4.76. The van der Waals surface area contributed by atoms with Crippen molar-refractivity contribution in [3.63, 3.8) is 0 Å². The molecule has 0 bridgehead atoms. The number of likely N-dealkylation sites (tertiary alicyclic amines) is 1. The first-order valence-electron chi connectivity index (χ1n) is 11.7. The second-order valence-electron chi connectivity index (χ2n) is 8.89. The molecule has 4 aromatic rings. The first-order chi connectivity index (χ1) is 16.6. The van der Waals surface area contributed by atoms with Crippen LogP contribution in [0.4, 0.5) is 10.1 Å². The van der Waals surface area contributed by atoms with Crippen molar-refractivity contribution >= 4 is 34.1 Å². The number of benzene rings is 3. The third kappa shape index (κ3) is 4.86. The van der Waals surface area contributed by atoms with Crippen LogP contribution in [0.2, 0.25) is 5.02 Å². The number of anilines is 1. The van der Waals surface area contributed by atoms with Crippen LogP contribution < -0.4 is 5.32 Å². The molecule has 174 valence electrons. The number of carbonyl (C=O) groups is 1. The van der Waals surface area contributed by atoms with Gasteiger partial charge in [0, 0.05) is 35.2 Å². The second kappa shape index (κ2) is 10.00. The molecule has 1 saturated heterocycles. The normalized spacial score (nSPS) is 15.0. The SMILES string of the molecule is O=C(Nc1ccccc1F)C1CCN(Cc2cc3ccccc3n2Cc2ccccc2Cl)CC1. The highest BCUT2D eigenvalue weighted by Gasteiger charge is 2.26. The number of nitrogens with one attached hydrogen (secondary N) is 1. The molecule has 3 aromatic carbocycles. The summed E-state index contributed by atoms with van der Waals surface area (Å²) in [6, 6.07) is 24.9. The molecule has 1 aliphatic rings. The van der Waals surface area contributed by atoms with E-state index in [4.69, 9.17) is 11.6 Å². The molecule has 1 aliphatic heterocycles. The van der Waals surface area contributed by atoms with Gasteiger partial charge in [0.2, 0.25) is 5.91 Å². The Morgan fingerprint density at radius 3 is 2.44 bits per heavy atom. The van der Waals surface area contributed by atoms with E-state index in [1.807, 2.05) is 18.2 Å². The average Bonchev–Trinajstić information content (AvgIpc) is 3.19. The van der Waals surface area contributed by atoms with Gasteiger partial charge in [-0.25, -0.2) is 4.39 Å². The smallest absolute Gasteiger partial charge is 0.227 e. The molecule has 1 aromatic heterocycles. The van der Waals surface area contributed by atoms with Crippen LogP contribution in [-0.4, -0.2) is 28.5 Å². The van der Waals surface area contributed by atoms with Crippen molar-refractivity contribution in [3.05, 3.63) is 101 Å². The molecular formula is C28H27ClFN3O. The lowest BCUT2D eigenvalue weighted by Crippen LogP contribution is -2.38. The maximum atomic E-state index is 13.9. The van der Waals surface area contributed by atoms with E-state index in [1.54, 1.807) is 18.2 Å². The summed E-state index contributed by atoms with van der Waals surface area (Å²) in [6.07, 6.45) is 1.51. The zero-order chi connectivity index (χ0) is 23.5. The summed E-state index contributed by atoms with van der Waals surface area (Å²) in [5, 5.41) is 4.74. The van der Waals surface area contributed by atoms with Crippen molar-refractivity contribution in [3.8, 4) is 0 Å². The number of hydrogen-bond donors (Lipinski definition) is 1. The highest BCUT2D eigenvalue weighted by atomic mass is 35.5. The molecule has 0 radical (unpaired) electrons. The fourth-order valence-corrected chi connectivity index (χ4v) is 4.96. The summed E-state index contributed by atoms with van der Waals surface area (Å²) in [6.45, 7) is 3.16. The Bertz CT molecular complexity index is 1310. The fraction of sp³-hybridized carbons (Fsp3) is 0.250. The van der Waals surface area contributed by atoms with Gasteiger partial charge in [0.05, 0.1) is 5.69 Å². The topological polar surface area (TPSA) is 37.3 Å². The van der Waals surface area contributed by atoms with Gasteiger partial charge in [0.15, 0.2) is 0 Å². The maximum absolute atomic E-state index is 13.9. The summed E-state index contributed by atoms with van der Waals surface area (Å²) in [5.41, 5.74) is 3.77. The molecule has 4 nitrogen and oxygen atoms in total. The van der Waals surface area contributed by atoms with Gasteiger partial charge in [0.25, 0.3) is 0 Å². The van der Waals surface area contributed by atoms with E-state index in [0.717, 1.165) is 43.1 Å². The van der Waals surface area contributed by atoms with Crippen molar-refractivity contribution < 1.29 is 9.18 Å². The Balaban J connectivity index is 1.28. The van der Waals surface area contributed by atoms with Crippen molar-refractivity contribution in [2.24, 2.45) is 5.92 Å². The molecule has 0 spiro atoms. The predicted molar refractivity (Wildman–Crippen MR) is 136 cm³/mol. The van der Waals surface area contributed by atoms with Crippen LogP contribution in [0.1, 0.15) is 24.1 Å². The molecule has 1 N–H and O–H groups in total. The van der Waals surface area contributed by atoms with E-state index in [1.165, 1.54) is 22.7 Å². The zero-order valence-electron chi connectivity index (χ0n) is 18.9. The molecule has 0 aliphatic carbocycles. The summed E-state index contributed by atoms with van der Waals surface area (Å²) >= 11 is 6.46. The van der Waals surface area contributed by atoms with Gasteiger partial charge in [-0.05, 0) is 67.2 Å². The van der Waals surface area contributed by atoms with Gasteiger partial charge >= 0.3 is 0 Å². The molecular weight excluding hydrogens is 449 g/mol. The van der Waals surface area contributed by atoms with Gasteiger partial charge in [-0.15, -0.1) is 0 Å². The Morgan fingerprint density at radius 2 is 1.65 bits per heavy atom. The highest BCUT2D eigenvalue weighted by Crippen LogP contribution is 2.27. The van der Waals surface area contributed by atoms with Crippen LogP contribution in [-0.2, 0) is 17.9 Å². The Morgan fingerprint density at radius 1 is 0.941 bits per heavy atom. The van der Waals surface area contributed by atoms with Crippen molar-refractivity contribution in [2.45, 2.75) is 25.9 Å². The molecule has 0 atom stereocenters. The minimum absolute atomic E-state index is 0.0995. The number of nitrogens with zero attached hydrogens (tertiary/aromatic N) is 2. The van der Waals surface area contributed by atoms with E-state index in [9.17, 15) is 9.18 Å².